The lowest BCUT2D eigenvalue weighted by Gasteiger charge is -2.34. The third-order valence-electron chi connectivity index (χ3n) is 13.5. The SMILES string of the molecule is c1ccc([Si](c2ccccc2)(c2ccccc2)c2ccc(-n3c4ccccc4c4cc(-n5c6ccccc6c6cc(-c7ccc8c(c7)sc7ccccc78)ccc65)ccc43)cc2)cc1. The van der Waals surface area contributed by atoms with E-state index in [9.17, 15) is 0 Å². The van der Waals surface area contributed by atoms with Gasteiger partial charge in [0.25, 0.3) is 0 Å². The van der Waals surface area contributed by atoms with Crippen LogP contribution in [0.2, 0.25) is 0 Å². The molecule has 10 aromatic carbocycles. The van der Waals surface area contributed by atoms with Crippen molar-refractivity contribution in [1.29, 1.82) is 0 Å². The van der Waals surface area contributed by atoms with E-state index >= 15 is 0 Å². The summed E-state index contributed by atoms with van der Waals surface area (Å²) in [6, 6.07) is 90.4. The third kappa shape index (κ3) is 5.56. The number of para-hydroxylation sites is 2. The molecule has 0 aliphatic rings. The van der Waals surface area contributed by atoms with Crippen molar-refractivity contribution in [3.05, 3.63) is 243 Å². The molecule has 0 fully saturated rings. The molecule has 0 spiro atoms. The lowest BCUT2D eigenvalue weighted by Crippen LogP contribution is -2.74. The summed E-state index contributed by atoms with van der Waals surface area (Å²) in [4.78, 5) is 0. The molecule has 64 heavy (non-hydrogen) atoms. The van der Waals surface area contributed by atoms with Crippen molar-refractivity contribution >= 4 is 104 Å². The van der Waals surface area contributed by atoms with Gasteiger partial charge in [-0.3, -0.25) is 0 Å². The highest BCUT2D eigenvalue weighted by molar-refractivity contribution is 7.25. The van der Waals surface area contributed by atoms with Crippen LogP contribution in [0.15, 0.2) is 243 Å². The number of hydrogen-bond acceptors (Lipinski definition) is 1. The summed E-state index contributed by atoms with van der Waals surface area (Å²) in [5, 5.41) is 13.1. The highest BCUT2D eigenvalue weighted by atomic mass is 32.1. The Labute approximate surface area is 376 Å². The van der Waals surface area contributed by atoms with Gasteiger partial charge in [0.1, 0.15) is 0 Å². The van der Waals surface area contributed by atoms with Gasteiger partial charge in [0.05, 0.1) is 22.1 Å². The average molecular weight is 849 g/mol. The van der Waals surface area contributed by atoms with Crippen molar-refractivity contribution in [3.8, 4) is 22.5 Å². The van der Waals surface area contributed by atoms with Gasteiger partial charge >= 0.3 is 0 Å². The molecule has 300 valence electrons. The first-order chi connectivity index (χ1) is 31.7. The predicted octanol–water partition coefficient (Wildman–Crippen LogP) is 13.3. The molecule has 0 saturated heterocycles. The molecule has 0 amide bonds. The number of aromatic nitrogens is 2. The second kappa shape index (κ2) is 14.7. The molecule has 0 radical (unpaired) electrons. The average Bonchev–Trinajstić information content (AvgIpc) is 4.02. The molecule has 0 N–H and O–H groups in total. The minimum atomic E-state index is -2.65. The molecule has 0 atom stereocenters. The van der Waals surface area contributed by atoms with Crippen LogP contribution in [0.25, 0.3) is 86.3 Å². The number of nitrogens with zero attached hydrogens (tertiary/aromatic N) is 2. The smallest absolute Gasteiger partial charge is 0.179 e. The summed E-state index contributed by atoms with van der Waals surface area (Å²) < 4.78 is 7.55. The van der Waals surface area contributed by atoms with E-state index in [4.69, 9.17) is 0 Å². The van der Waals surface area contributed by atoms with E-state index in [0.29, 0.717) is 0 Å². The zero-order chi connectivity index (χ0) is 42.2. The fraction of sp³-hybridized carbons (Fsp3) is 0. The van der Waals surface area contributed by atoms with Gasteiger partial charge in [-0.25, -0.2) is 0 Å². The molecule has 0 unspecified atom stereocenters. The summed E-state index contributed by atoms with van der Waals surface area (Å²) in [5.74, 6) is 0. The van der Waals surface area contributed by atoms with E-state index < -0.39 is 8.07 Å². The van der Waals surface area contributed by atoms with Crippen molar-refractivity contribution in [2.24, 2.45) is 0 Å². The van der Waals surface area contributed by atoms with Gasteiger partial charge in [-0.15, -0.1) is 11.3 Å². The maximum atomic E-state index is 2.45. The van der Waals surface area contributed by atoms with Gasteiger partial charge in [0.2, 0.25) is 0 Å². The van der Waals surface area contributed by atoms with Crippen LogP contribution in [0.4, 0.5) is 0 Å². The van der Waals surface area contributed by atoms with E-state index in [1.807, 2.05) is 11.3 Å². The summed E-state index contributed by atoms with van der Waals surface area (Å²) in [6.07, 6.45) is 0. The fourth-order valence-electron chi connectivity index (χ4n) is 10.6. The number of thiophene rings is 1. The Morgan fingerprint density at radius 3 is 1.31 bits per heavy atom. The van der Waals surface area contributed by atoms with Gasteiger partial charge in [0.15, 0.2) is 8.07 Å². The van der Waals surface area contributed by atoms with Gasteiger partial charge in [-0.05, 0) is 98.6 Å². The highest BCUT2D eigenvalue weighted by Crippen LogP contribution is 2.40. The van der Waals surface area contributed by atoms with E-state index in [-0.39, 0.29) is 0 Å². The van der Waals surface area contributed by atoms with E-state index in [2.05, 4.69) is 252 Å². The Morgan fingerprint density at radius 2 is 0.688 bits per heavy atom. The van der Waals surface area contributed by atoms with Crippen molar-refractivity contribution < 1.29 is 0 Å². The molecule has 13 aromatic rings. The second-order valence-corrected chi connectivity index (χ2v) is 21.7. The molecule has 4 heteroatoms. The van der Waals surface area contributed by atoms with Gasteiger partial charge in [-0.2, -0.15) is 0 Å². The predicted molar refractivity (Wildman–Crippen MR) is 277 cm³/mol. The largest absolute Gasteiger partial charge is 0.309 e. The molecule has 3 aromatic heterocycles. The molecule has 2 nitrogen and oxygen atoms in total. The zero-order valence-electron chi connectivity index (χ0n) is 34.9. The van der Waals surface area contributed by atoms with Crippen LogP contribution in [0, 0.1) is 0 Å². The topological polar surface area (TPSA) is 9.86 Å². The van der Waals surface area contributed by atoms with Crippen LogP contribution in [0.3, 0.4) is 0 Å². The van der Waals surface area contributed by atoms with Crippen LogP contribution in [0.1, 0.15) is 0 Å². The van der Waals surface area contributed by atoms with Crippen LogP contribution < -0.4 is 20.7 Å². The lowest BCUT2D eigenvalue weighted by molar-refractivity contribution is 1.17. The Morgan fingerprint density at radius 1 is 0.266 bits per heavy atom. The Hall–Kier alpha value is -7.76. The van der Waals surface area contributed by atoms with Crippen LogP contribution in [0.5, 0.6) is 0 Å². The van der Waals surface area contributed by atoms with E-state index in [1.54, 1.807) is 0 Å². The van der Waals surface area contributed by atoms with Gasteiger partial charge < -0.3 is 9.13 Å². The third-order valence-corrected chi connectivity index (χ3v) is 19.4. The quantitative estimate of drug-likeness (QED) is 0.112. The number of fused-ring (bicyclic) bond motifs is 9. The molecule has 0 saturated carbocycles. The Kier molecular flexibility index (Phi) is 8.45. The molecule has 13 rings (SSSR count). The van der Waals surface area contributed by atoms with Crippen molar-refractivity contribution in [2.45, 2.75) is 0 Å². The first-order valence-electron chi connectivity index (χ1n) is 22.0. The van der Waals surface area contributed by atoms with Crippen molar-refractivity contribution in [1.82, 2.24) is 9.13 Å². The first-order valence-corrected chi connectivity index (χ1v) is 24.8. The summed E-state index contributed by atoms with van der Waals surface area (Å²) >= 11 is 1.87. The van der Waals surface area contributed by atoms with Crippen LogP contribution >= 0.6 is 11.3 Å². The molecule has 0 bridgehead atoms. The van der Waals surface area contributed by atoms with E-state index in [0.717, 1.165) is 11.4 Å². The Bertz CT molecular complexity index is 3790. The van der Waals surface area contributed by atoms with Gasteiger partial charge in [0, 0.05) is 53.1 Å². The number of hydrogen-bond donors (Lipinski definition) is 0. The Balaban J connectivity index is 0.949. The van der Waals surface area contributed by atoms with Crippen molar-refractivity contribution in [3.63, 3.8) is 0 Å². The summed E-state index contributed by atoms with van der Waals surface area (Å²) in [5.41, 5.74) is 9.57. The fourth-order valence-corrected chi connectivity index (χ4v) is 16.5. The van der Waals surface area contributed by atoms with Crippen LogP contribution in [-0.2, 0) is 0 Å². The number of benzene rings is 10. The maximum Gasteiger partial charge on any atom is 0.179 e. The molecule has 0 aliphatic carbocycles. The molecular formula is C60H40N2SSi. The zero-order valence-corrected chi connectivity index (χ0v) is 36.7. The van der Waals surface area contributed by atoms with E-state index in [1.165, 1.54) is 95.7 Å². The van der Waals surface area contributed by atoms with Crippen LogP contribution in [-0.4, -0.2) is 17.2 Å². The highest BCUT2D eigenvalue weighted by Gasteiger charge is 2.41. The summed E-state index contributed by atoms with van der Waals surface area (Å²) in [6.45, 7) is 0. The minimum absolute atomic E-state index is 1.15. The molecular weight excluding hydrogens is 809 g/mol. The second-order valence-electron chi connectivity index (χ2n) is 16.8. The van der Waals surface area contributed by atoms with Gasteiger partial charge in [-0.1, -0.05) is 176 Å². The first kappa shape index (κ1) is 36.9. The number of rotatable bonds is 7. The maximum absolute atomic E-state index is 2.65. The lowest BCUT2D eigenvalue weighted by atomic mass is 10.0. The summed E-state index contributed by atoms with van der Waals surface area (Å²) in [7, 11) is -2.65. The van der Waals surface area contributed by atoms with Crippen molar-refractivity contribution in [2.75, 3.05) is 0 Å². The monoisotopic (exact) mass is 848 g/mol. The normalized spacial score (nSPS) is 12.1. The molecule has 0 aliphatic heterocycles. The molecule has 3 heterocycles. The minimum Gasteiger partial charge on any atom is -0.309 e. The standard InChI is InChI=1S/C60H40N2SSi/c1-4-16-45(17-5-1)64(46-18-6-2-7-19-46,47-20-8-3-9-21-47)48-33-30-43(31-34-48)61-55-25-13-11-23-50(55)54-40-44(32-37-58(54)61)62-56-26-14-10-22-49(56)53-38-41(29-36-57(53)62)42-28-35-52-51-24-12-15-27-59(51)63-60(52)39-42/h1-40H.